The maximum Gasteiger partial charge on any atom is 0.262 e. The van der Waals surface area contributed by atoms with Gasteiger partial charge >= 0.3 is 0 Å². The SMILES string of the molecule is CC(C)[C@@H](C(=O)NO)N(Cc1ccccc1)S(=O)(=O)Cc1ccccc1. The van der Waals surface area contributed by atoms with E-state index < -0.39 is 22.0 Å². The smallest absolute Gasteiger partial charge is 0.262 e. The molecule has 6 nitrogen and oxygen atoms in total. The Labute approximate surface area is 154 Å². The Kier molecular flexibility index (Phi) is 6.90. The summed E-state index contributed by atoms with van der Waals surface area (Å²) in [4.78, 5) is 12.2. The molecule has 0 radical (unpaired) electrons. The summed E-state index contributed by atoms with van der Waals surface area (Å²) in [6.45, 7) is 3.54. The monoisotopic (exact) mass is 376 g/mol. The van der Waals surface area contributed by atoms with Gasteiger partial charge in [0, 0.05) is 6.54 Å². The van der Waals surface area contributed by atoms with E-state index in [4.69, 9.17) is 5.21 Å². The van der Waals surface area contributed by atoms with Crippen molar-refractivity contribution in [3.8, 4) is 0 Å². The Morgan fingerprint density at radius 2 is 1.50 bits per heavy atom. The highest BCUT2D eigenvalue weighted by molar-refractivity contribution is 7.88. The van der Waals surface area contributed by atoms with E-state index in [1.807, 2.05) is 24.3 Å². The van der Waals surface area contributed by atoms with E-state index >= 15 is 0 Å². The van der Waals surface area contributed by atoms with Crippen molar-refractivity contribution in [1.29, 1.82) is 0 Å². The van der Waals surface area contributed by atoms with Gasteiger partial charge in [0.1, 0.15) is 6.04 Å². The van der Waals surface area contributed by atoms with Gasteiger partial charge in [0.25, 0.3) is 5.91 Å². The lowest BCUT2D eigenvalue weighted by atomic mass is 10.0. The average Bonchev–Trinajstić information content (AvgIpc) is 2.62. The molecule has 2 aromatic rings. The molecular weight excluding hydrogens is 352 g/mol. The van der Waals surface area contributed by atoms with E-state index in [-0.39, 0.29) is 18.2 Å². The van der Waals surface area contributed by atoms with Gasteiger partial charge < -0.3 is 0 Å². The second-order valence-corrected chi connectivity index (χ2v) is 8.36. The van der Waals surface area contributed by atoms with Gasteiger partial charge in [0.2, 0.25) is 10.0 Å². The molecule has 0 aliphatic heterocycles. The molecule has 2 N–H and O–H groups in total. The van der Waals surface area contributed by atoms with Crippen molar-refractivity contribution in [2.75, 3.05) is 0 Å². The first-order valence-electron chi connectivity index (χ1n) is 8.36. The molecule has 26 heavy (non-hydrogen) atoms. The zero-order valence-electron chi connectivity index (χ0n) is 14.9. The van der Waals surface area contributed by atoms with Crippen LogP contribution in [0.15, 0.2) is 60.7 Å². The zero-order valence-corrected chi connectivity index (χ0v) is 15.7. The minimum atomic E-state index is -3.81. The minimum absolute atomic E-state index is 0.0479. The summed E-state index contributed by atoms with van der Waals surface area (Å²) in [5.74, 6) is -1.29. The van der Waals surface area contributed by atoms with Gasteiger partial charge in [0.15, 0.2) is 0 Å². The van der Waals surface area contributed by atoms with Crippen LogP contribution in [-0.4, -0.2) is 29.9 Å². The molecule has 0 bridgehead atoms. The van der Waals surface area contributed by atoms with Gasteiger partial charge in [-0.1, -0.05) is 74.5 Å². The number of nitrogens with zero attached hydrogens (tertiary/aromatic N) is 1. The molecule has 0 saturated heterocycles. The molecule has 0 saturated carbocycles. The maximum atomic E-state index is 13.1. The summed E-state index contributed by atoms with van der Waals surface area (Å²) in [7, 11) is -3.81. The highest BCUT2D eigenvalue weighted by Crippen LogP contribution is 2.22. The van der Waals surface area contributed by atoms with Crippen molar-refractivity contribution in [3.63, 3.8) is 0 Å². The first kappa shape index (κ1) is 20.1. The van der Waals surface area contributed by atoms with Crippen molar-refractivity contribution in [2.45, 2.75) is 32.2 Å². The van der Waals surface area contributed by atoms with Gasteiger partial charge in [-0.15, -0.1) is 0 Å². The highest BCUT2D eigenvalue weighted by Gasteiger charge is 2.37. The molecule has 0 unspecified atom stereocenters. The molecule has 0 heterocycles. The number of nitrogens with one attached hydrogen (secondary N) is 1. The van der Waals surface area contributed by atoms with E-state index in [2.05, 4.69) is 0 Å². The van der Waals surface area contributed by atoms with Gasteiger partial charge in [-0.25, -0.2) is 13.9 Å². The molecule has 2 aromatic carbocycles. The number of benzene rings is 2. The predicted octanol–water partition coefficient (Wildman–Crippen LogP) is 2.55. The molecule has 1 amide bonds. The third-order valence-corrected chi connectivity index (χ3v) is 5.82. The second-order valence-electron chi connectivity index (χ2n) is 6.44. The highest BCUT2D eigenvalue weighted by atomic mass is 32.2. The largest absolute Gasteiger partial charge is 0.289 e. The number of hydrogen-bond acceptors (Lipinski definition) is 4. The Morgan fingerprint density at radius 3 is 1.96 bits per heavy atom. The maximum absolute atomic E-state index is 13.1. The lowest BCUT2D eigenvalue weighted by Gasteiger charge is -2.32. The topological polar surface area (TPSA) is 86.7 Å². The third-order valence-electron chi connectivity index (χ3n) is 4.05. The van der Waals surface area contributed by atoms with E-state index in [0.29, 0.717) is 5.56 Å². The van der Waals surface area contributed by atoms with Gasteiger partial charge in [-0.2, -0.15) is 4.31 Å². The number of carbonyl (C=O) groups is 1. The summed E-state index contributed by atoms with van der Waals surface area (Å²) in [5.41, 5.74) is 3.00. The standard InChI is InChI=1S/C19H24N2O4S/c1-15(2)18(19(22)20-23)21(13-16-9-5-3-6-10-16)26(24,25)14-17-11-7-4-8-12-17/h3-12,15,18,23H,13-14H2,1-2H3,(H,20,22)/t18-/m0/s1. The normalized spacial score (nSPS) is 13.0. The number of rotatable bonds is 8. The number of sulfonamides is 1. The number of amides is 1. The fraction of sp³-hybridized carbons (Fsp3) is 0.316. The van der Waals surface area contributed by atoms with Crippen LogP contribution in [0, 0.1) is 5.92 Å². The molecule has 1 atom stereocenters. The molecular formula is C19H24N2O4S. The Bertz CT molecular complexity index is 808. The number of carbonyl (C=O) groups excluding carboxylic acids is 1. The Morgan fingerprint density at radius 1 is 1.00 bits per heavy atom. The molecule has 0 spiro atoms. The lowest BCUT2D eigenvalue weighted by Crippen LogP contribution is -2.51. The molecule has 0 aliphatic rings. The average molecular weight is 376 g/mol. The van der Waals surface area contributed by atoms with Crippen LogP contribution in [0.2, 0.25) is 0 Å². The minimum Gasteiger partial charge on any atom is -0.289 e. The van der Waals surface area contributed by atoms with Crippen LogP contribution in [-0.2, 0) is 27.1 Å². The fourth-order valence-electron chi connectivity index (χ4n) is 2.83. The van der Waals surface area contributed by atoms with E-state index in [1.54, 1.807) is 55.7 Å². The summed E-state index contributed by atoms with van der Waals surface area (Å²) in [5, 5.41) is 9.10. The number of hydroxylamine groups is 1. The molecule has 2 rings (SSSR count). The van der Waals surface area contributed by atoms with E-state index in [0.717, 1.165) is 5.56 Å². The summed E-state index contributed by atoms with van der Waals surface area (Å²) >= 11 is 0. The van der Waals surface area contributed by atoms with E-state index in [1.165, 1.54) is 4.31 Å². The Hall–Kier alpha value is -2.22. The van der Waals surface area contributed by atoms with Crippen LogP contribution in [0.1, 0.15) is 25.0 Å². The predicted molar refractivity (Wildman–Crippen MR) is 99.6 cm³/mol. The van der Waals surface area contributed by atoms with Crippen molar-refractivity contribution in [3.05, 3.63) is 71.8 Å². The molecule has 0 aliphatic carbocycles. The quantitative estimate of drug-likeness (QED) is 0.548. The van der Waals surface area contributed by atoms with Crippen LogP contribution in [0.3, 0.4) is 0 Å². The van der Waals surface area contributed by atoms with Crippen LogP contribution < -0.4 is 5.48 Å². The lowest BCUT2D eigenvalue weighted by molar-refractivity contribution is -0.134. The van der Waals surface area contributed by atoms with Gasteiger partial charge in [-0.3, -0.25) is 10.0 Å². The summed E-state index contributed by atoms with van der Waals surface area (Å²) in [6.07, 6.45) is 0. The Balaban J connectivity index is 2.42. The second kappa shape index (κ2) is 8.93. The molecule has 0 fully saturated rings. The van der Waals surface area contributed by atoms with Crippen molar-refractivity contribution in [2.24, 2.45) is 5.92 Å². The van der Waals surface area contributed by atoms with Gasteiger partial charge in [-0.05, 0) is 17.0 Å². The summed E-state index contributed by atoms with van der Waals surface area (Å²) in [6, 6.07) is 16.9. The van der Waals surface area contributed by atoms with E-state index in [9.17, 15) is 13.2 Å². The summed E-state index contributed by atoms with van der Waals surface area (Å²) < 4.78 is 27.4. The molecule has 7 heteroatoms. The van der Waals surface area contributed by atoms with Crippen molar-refractivity contribution in [1.82, 2.24) is 9.79 Å². The van der Waals surface area contributed by atoms with Crippen LogP contribution in [0.5, 0.6) is 0 Å². The zero-order chi connectivity index (χ0) is 19.2. The number of hydrogen-bond donors (Lipinski definition) is 2. The fourth-order valence-corrected chi connectivity index (χ4v) is 4.64. The van der Waals surface area contributed by atoms with Crippen LogP contribution in [0.25, 0.3) is 0 Å². The first-order chi connectivity index (χ1) is 12.3. The van der Waals surface area contributed by atoms with Gasteiger partial charge in [0.05, 0.1) is 5.75 Å². The first-order valence-corrected chi connectivity index (χ1v) is 9.97. The van der Waals surface area contributed by atoms with Crippen LogP contribution >= 0.6 is 0 Å². The third kappa shape index (κ3) is 5.14. The van der Waals surface area contributed by atoms with Crippen molar-refractivity contribution >= 4 is 15.9 Å². The molecule has 0 aromatic heterocycles. The van der Waals surface area contributed by atoms with Crippen molar-refractivity contribution < 1.29 is 18.4 Å². The molecule has 140 valence electrons. The van der Waals surface area contributed by atoms with Crippen LogP contribution in [0.4, 0.5) is 0 Å².